The summed E-state index contributed by atoms with van der Waals surface area (Å²) in [5.41, 5.74) is 1.25. The van der Waals surface area contributed by atoms with Crippen molar-refractivity contribution in [1.82, 2.24) is 10.2 Å². The number of piperidine rings is 1. The van der Waals surface area contributed by atoms with Gasteiger partial charge in [-0.1, -0.05) is 35.3 Å². The molecule has 2 aromatic carbocycles. The predicted octanol–water partition coefficient (Wildman–Crippen LogP) is 4.94. The lowest BCUT2D eigenvalue weighted by Gasteiger charge is -2.32. The molecule has 0 spiro atoms. The quantitative estimate of drug-likeness (QED) is 0.549. The van der Waals surface area contributed by atoms with Gasteiger partial charge in [-0.25, -0.2) is 0 Å². The van der Waals surface area contributed by atoms with Crippen molar-refractivity contribution in [3.63, 3.8) is 0 Å². The summed E-state index contributed by atoms with van der Waals surface area (Å²) in [7, 11) is 1.69. The number of methoxy groups -OCH3 is 1. The number of ether oxygens (including phenoxy) is 2. The molecule has 1 aliphatic heterocycles. The van der Waals surface area contributed by atoms with E-state index in [1.54, 1.807) is 25.3 Å². The topological polar surface area (TPSA) is 50.8 Å². The molecule has 1 aliphatic rings. The third-order valence-corrected chi connectivity index (χ3v) is 5.72. The average Bonchev–Trinajstić information content (AvgIpc) is 2.74. The fourth-order valence-corrected chi connectivity index (χ4v) is 4.03. The second kappa shape index (κ2) is 11.4. The van der Waals surface area contributed by atoms with E-state index in [2.05, 4.69) is 22.3 Å². The minimum Gasteiger partial charge on any atom is -0.497 e. The normalized spacial score (nSPS) is 15.0. The van der Waals surface area contributed by atoms with Crippen molar-refractivity contribution in [1.29, 1.82) is 0 Å². The van der Waals surface area contributed by atoms with Gasteiger partial charge in [-0.2, -0.15) is 0 Å². The number of carbonyl (C=O) groups excluding carboxylic acids is 1. The highest BCUT2D eigenvalue weighted by atomic mass is 35.5. The number of nitrogens with one attached hydrogen (secondary N) is 1. The first-order chi connectivity index (χ1) is 14.5. The molecule has 3 rings (SSSR count). The zero-order chi connectivity index (χ0) is 21.3. The van der Waals surface area contributed by atoms with Crippen molar-refractivity contribution < 1.29 is 14.3 Å². The standard InChI is InChI=1S/C23H28Cl2N2O3/c1-29-20-5-2-4-17(14-20)16-27-11-9-19(10-12-27)26-23(28)6-3-13-30-22-8-7-18(24)15-21(22)25/h2,4-5,7-8,14-15,19H,3,6,9-13,16H2,1H3,(H,26,28). The number of hydrogen-bond acceptors (Lipinski definition) is 4. The van der Waals surface area contributed by atoms with E-state index in [1.807, 2.05) is 12.1 Å². The van der Waals surface area contributed by atoms with E-state index in [-0.39, 0.29) is 11.9 Å². The highest BCUT2D eigenvalue weighted by Crippen LogP contribution is 2.27. The predicted molar refractivity (Wildman–Crippen MR) is 121 cm³/mol. The molecule has 0 radical (unpaired) electrons. The van der Waals surface area contributed by atoms with Gasteiger partial charge in [0.15, 0.2) is 0 Å². The number of amides is 1. The van der Waals surface area contributed by atoms with E-state index in [1.165, 1.54) is 5.56 Å². The maximum atomic E-state index is 12.2. The van der Waals surface area contributed by atoms with Gasteiger partial charge in [-0.3, -0.25) is 9.69 Å². The fourth-order valence-electron chi connectivity index (χ4n) is 3.57. The Bertz CT molecular complexity index is 839. The molecule has 0 aromatic heterocycles. The van der Waals surface area contributed by atoms with Crippen molar-refractivity contribution in [3.8, 4) is 11.5 Å². The van der Waals surface area contributed by atoms with E-state index in [9.17, 15) is 4.79 Å². The number of benzene rings is 2. The van der Waals surface area contributed by atoms with E-state index in [0.29, 0.717) is 35.2 Å². The number of likely N-dealkylation sites (tertiary alicyclic amines) is 1. The van der Waals surface area contributed by atoms with E-state index in [4.69, 9.17) is 32.7 Å². The summed E-state index contributed by atoms with van der Waals surface area (Å²) in [6.45, 7) is 3.29. The second-order valence-electron chi connectivity index (χ2n) is 7.50. The Balaban J connectivity index is 1.32. The Hall–Kier alpha value is -1.95. The van der Waals surface area contributed by atoms with Crippen LogP contribution in [0.5, 0.6) is 11.5 Å². The van der Waals surface area contributed by atoms with Crippen LogP contribution >= 0.6 is 23.2 Å². The van der Waals surface area contributed by atoms with Crippen molar-refractivity contribution in [2.75, 3.05) is 26.8 Å². The highest BCUT2D eigenvalue weighted by Gasteiger charge is 2.20. The number of rotatable bonds is 9. The SMILES string of the molecule is COc1cccc(CN2CCC(NC(=O)CCCOc3ccc(Cl)cc3Cl)CC2)c1. The zero-order valence-electron chi connectivity index (χ0n) is 17.2. The minimum atomic E-state index is 0.0760. The fraction of sp³-hybridized carbons (Fsp3) is 0.435. The molecular formula is C23H28Cl2N2O3. The smallest absolute Gasteiger partial charge is 0.220 e. The Morgan fingerprint density at radius 1 is 1.17 bits per heavy atom. The van der Waals surface area contributed by atoms with Gasteiger partial charge < -0.3 is 14.8 Å². The van der Waals surface area contributed by atoms with Crippen molar-refractivity contribution in [3.05, 3.63) is 58.1 Å². The third-order valence-electron chi connectivity index (χ3n) is 5.19. The molecule has 0 saturated carbocycles. The molecule has 1 heterocycles. The molecule has 1 saturated heterocycles. The molecule has 1 amide bonds. The molecule has 1 fully saturated rings. The van der Waals surface area contributed by atoms with Gasteiger partial charge in [-0.15, -0.1) is 0 Å². The minimum absolute atomic E-state index is 0.0760. The largest absolute Gasteiger partial charge is 0.497 e. The summed E-state index contributed by atoms with van der Waals surface area (Å²) < 4.78 is 10.9. The van der Waals surface area contributed by atoms with Crippen LogP contribution < -0.4 is 14.8 Å². The highest BCUT2D eigenvalue weighted by molar-refractivity contribution is 6.35. The Morgan fingerprint density at radius 2 is 1.97 bits per heavy atom. The molecule has 0 bridgehead atoms. The lowest BCUT2D eigenvalue weighted by molar-refractivity contribution is -0.122. The van der Waals surface area contributed by atoms with E-state index >= 15 is 0 Å². The lowest BCUT2D eigenvalue weighted by atomic mass is 10.0. The van der Waals surface area contributed by atoms with Crippen LogP contribution in [0.3, 0.4) is 0 Å². The maximum Gasteiger partial charge on any atom is 0.220 e. The van der Waals surface area contributed by atoms with Gasteiger partial charge in [0, 0.05) is 37.1 Å². The summed E-state index contributed by atoms with van der Waals surface area (Å²) in [5.74, 6) is 1.55. The van der Waals surface area contributed by atoms with Gasteiger partial charge in [0.2, 0.25) is 5.91 Å². The molecule has 0 unspecified atom stereocenters. The van der Waals surface area contributed by atoms with Gasteiger partial charge in [0.05, 0.1) is 18.7 Å². The van der Waals surface area contributed by atoms with Crippen LogP contribution in [0.15, 0.2) is 42.5 Å². The zero-order valence-corrected chi connectivity index (χ0v) is 18.7. The summed E-state index contributed by atoms with van der Waals surface area (Å²) in [6.07, 6.45) is 3.01. The number of halogens is 2. The van der Waals surface area contributed by atoms with Crippen molar-refractivity contribution in [2.45, 2.75) is 38.3 Å². The average molecular weight is 451 g/mol. The van der Waals surface area contributed by atoms with Gasteiger partial charge in [0.25, 0.3) is 0 Å². The van der Waals surface area contributed by atoms with Crippen LogP contribution in [0.2, 0.25) is 10.0 Å². The van der Waals surface area contributed by atoms with Gasteiger partial charge >= 0.3 is 0 Å². The van der Waals surface area contributed by atoms with Crippen LogP contribution in [-0.4, -0.2) is 43.7 Å². The third kappa shape index (κ3) is 7.08. The molecule has 30 heavy (non-hydrogen) atoms. The molecule has 5 nitrogen and oxygen atoms in total. The molecular weight excluding hydrogens is 423 g/mol. The van der Waals surface area contributed by atoms with E-state index < -0.39 is 0 Å². The summed E-state index contributed by atoms with van der Waals surface area (Å²) in [6, 6.07) is 13.5. The van der Waals surface area contributed by atoms with Crippen LogP contribution in [0.4, 0.5) is 0 Å². The molecule has 162 valence electrons. The number of nitrogens with zero attached hydrogens (tertiary/aromatic N) is 1. The first kappa shape index (κ1) is 22.7. The van der Waals surface area contributed by atoms with Crippen LogP contribution in [0, 0.1) is 0 Å². The van der Waals surface area contributed by atoms with Crippen molar-refractivity contribution in [2.24, 2.45) is 0 Å². The first-order valence-electron chi connectivity index (χ1n) is 10.3. The number of hydrogen-bond donors (Lipinski definition) is 1. The lowest BCUT2D eigenvalue weighted by Crippen LogP contribution is -2.44. The second-order valence-corrected chi connectivity index (χ2v) is 8.34. The summed E-state index contributed by atoms with van der Waals surface area (Å²) in [4.78, 5) is 14.7. The molecule has 0 atom stereocenters. The molecule has 0 aliphatic carbocycles. The first-order valence-corrected chi connectivity index (χ1v) is 11.0. The molecule has 2 aromatic rings. The molecule has 7 heteroatoms. The summed E-state index contributed by atoms with van der Waals surface area (Å²) >= 11 is 12.0. The maximum absolute atomic E-state index is 12.2. The molecule has 1 N–H and O–H groups in total. The van der Waals surface area contributed by atoms with Crippen LogP contribution in [0.1, 0.15) is 31.2 Å². The number of carbonyl (C=O) groups is 1. The van der Waals surface area contributed by atoms with Crippen LogP contribution in [-0.2, 0) is 11.3 Å². The van der Waals surface area contributed by atoms with Crippen LogP contribution in [0.25, 0.3) is 0 Å². The Kier molecular flexibility index (Phi) is 8.67. The van der Waals surface area contributed by atoms with Crippen molar-refractivity contribution >= 4 is 29.1 Å². The van der Waals surface area contributed by atoms with Gasteiger partial charge in [-0.05, 0) is 55.2 Å². The Morgan fingerprint density at radius 3 is 2.70 bits per heavy atom. The van der Waals surface area contributed by atoms with E-state index in [0.717, 1.165) is 38.2 Å². The monoisotopic (exact) mass is 450 g/mol. The Labute approximate surface area is 188 Å². The summed E-state index contributed by atoms with van der Waals surface area (Å²) in [5, 5.41) is 4.20. The van der Waals surface area contributed by atoms with Gasteiger partial charge in [0.1, 0.15) is 11.5 Å².